The molecule has 112 valence electrons. The van der Waals surface area contributed by atoms with E-state index in [1.807, 2.05) is 0 Å². The lowest BCUT2D eigenvalue weighted by Crippen LogP contribution is -2.34. The summed E-state index contributed by atoms with van der Waals surface area (Å²) in [6.45, 7) is 0.300. The summed E-state index contributed by atoms with van der Waals surface area (Å²) in [6, 6.07) is 1.56. The van der Waals surface area contributed by atoms with Crippen molar-refractivity contribution in [3.8, 4) is 11.8 Å². The van der Waals surface area contributed by atoms with E-state index in [9.17, 15) is 13.2 Å². The number of nitrogens with zero attached hydrogens (tertiary/aromatic N) is 2. The van der Waals surface area contributed by atoms with Gasteiger partial charge in [0.15, 0.2) is 9.84 Å². The zero-order valence-electron chi connectivity index (χ0n) is 11.4. The molecule has 21 heavy (non-hydrogen) atoms. The molecule has 0 spiro atoms. The molecule has 0 aromatic carbocycles. The fourth-order valence-electron chi connectivity index (χ4n) is 2.13. The molecule has 2 rings (SSSR count). The summed E-state index contributed by atoms with van der Waals surface area (Å²) >= 11 is 0. The number of carbonyl (C=O) groups is 1. The minimum Gasteiger partial charge on any atom is -0.384 e. The molecule has 7 heteroatoms. The van der Waals surface area contributed by atoms with Crippen molar-refractivity contribution in [1.82, 2.24) is 9.88 Å². The van der Waals surface area contributed by atoms with Crippen LogP contribution in [-0.2, 0) is 9.84 Å². The van der Waals surface area contributed by atoms with Crippen molar-refractivity contribution in [2.75, 3.05) is 31.2 Å². The Bertz CT molecular complexity index is 688. The second kappa shape index (κ2) is 6.70. The average molecular weight is 308 g/mol. The van der Waals surface area contributed by atoms with E-state index in [2.05, 4.69) is 16.8 Å². The number of rotatable bonds is 1. The minimum absolute atomic E-state index is 0.0124. The smallest absolute Gasteiger partial charge is 0.255 e. The number of aliphatic hydroxyl groups excluding tert-OH is 1. The Morgan fingerprint density at radius 3 is 2.95 bits per heavy atom. The van der Waals surface area contributed by atoms with Gasteiger partial charge in [0, 0.05) is 25.5 Å². The zero-order valence-corrected chi connectivity index (χ0v) is 12.3. The second-order valence-corrected chi connectivity index (χ2v) is 6.98. The van der Waals surface area contributed by atoms with E-state index < -0.39 is 9.84 Å². The Balaban J connectivity index is 2.24. The highest BCUT2D eigenvalue weighted by atomic mass is 32.2. The van der Waals surface area contributed by atoms with Crippen molar-refractivity contribution in [2.24, 2.45) is 0 Å². The number of hydrogen-bond donors (Lipinski definition) is 1. The lowest BCUT2D eigenvalue weighted by molar-refractivity contribution is 0.0768. The molecule has 1 saturated heterocycles. The van der Waals surface area contributed by atoms with Crippen molar-refractivity contribution in [3.63, 3.8) is 0 Å². The third-order valence-corrected chi connectivity index (χ3v) is 4.91. The number of hydrogen-bond acceptors (Lipinski definition) is 5. The summed E-state index contributed by atoms with van der Waals surface area (Å²) < 4.78 is 23.2. The van der Waals surface area contributed by atoms with Crippen LogP contribution in [0.5, 0.6) is 0 Å². The predicted molar refractivity (Wildman–Crippen MR) is 77.4 cm³/mol. The van der Waals surface area contributed by atoms with Gasteiger partial charge in [0.25, 0.3) is 5.91 Å². The highest BCUT2D eigenvalue weighted by Gasteiger charge is 2.24. The van der Waals surface area contributed by atoms with Gasteiger partial charge in [-0.1, -0.05) is 11.8 Å². The van der Waals surface area contributed by atoms with Crippen LogP contribution in [0.25, 0.3) is 0 Å². The largest absolute Gasteiger partial charge is 0.384 e. The molecule has 0 bridgehead atoms. The summed E-state index contributed by atoms with van der Waals surface area (Å²) in [5, 5.41) is 8.74. The Hall–Kier alpha value is -1.91. The number of aromatic nitrogens is 1. The third-order valence-electron chi connectivity index (χ3n) is 3.20. The highest BCUT2D eigenvalue weighted by Crippen LogP contribution is 2.13. The van der Waals surface area contributed by atoms with Gasteiger partial charge >= 0.3 is 0 Å². The van der Waals surface area contributed by atoms with Crippen LogP contribution in [0.4, 0.5) is 0 Å². The molecular weight excluding hydrogens is 292 g/mol. The summed E-state index contributed by atoms with van der Waals surface area (Å²) in [4.78, 5) is 18.0. The van der Waals surface area contributed by atoms with Crippen LogP contribution in [0.2, 0.25) is 0 Å². The fourth-order valence-corrected chi connectivity index (χ4v) is 3.40. The predicted octanol–water partition coefficient (Wildman–Crippen LogP) is -0.314. The molecule has 0 saturated carbocycles. The standard InChI is InChI=1S/C14H16N2O4S/c17-8-1-3-12-11-15-5-4-13(12)14(18)16-6-2-9-21(19,20)10-7-16/h4-5,11,17H,2,6-10H2. The third kappa shape index (κ3) is 4.03. The monoisotopic (exact) mass is 308 g/mol. The molecular formula is C14H16N2O4S. The number of aliphatic hydroxyl groups is 1. The Labute approximate surface area is 123 Å². The normalized spacial score (nSPS) is 17.5. The highest BCUT2D eigenvalue weighted by molar-refractivity contribution is 7.91. The molecule has 1 aliphatic rings. The molecule has 1 aromatic heterocycles. The first-order chi connectivity index (χ1) is 10.0. The van der Waals surface area contributed by atoms with E-state index in [4.69, 9.17) is 5.11 Å². The van der Waals surface area contributed by atoms with E-state index >= 15 is 0 Å². The molecule has 6 nitrogen and oxygen atoms in total. The van der Waals surface area contributed by atoms with Crippen LogP contribution in [0.15, 0.2) is 18.5 Å². The van der Waals surface area contributed by atoms with Gasteiger partial charge in [-0.15, -0.1) is 0 Å². The van der Waals surface area contributed by atoms with Crippen LogP contribution in [0.3, 0.4) is 0 Å². The number of carbonyl (C=O) groups excluding carboxylic acids is 1. The number of pyridine rings is 1. The second-order valence-electron chi connectivity index (χ2n) is 4.68. The summed E-state index contributed by atoms with van der Waals surface area (Å²) in [5.74, 6) is 5.02. The molecule has 1 aromatic rings. The maximum Gasteiger partial charge on any atom is 0.255 e. The van der Waals surface area contributed by atoms with Crippen molar-refractivity contribution in [1.29, 1.82) is 0 Å². The Morgan fingerprint density at radius 2 is 2.19 bits per heavy atom. The molecule has 1 aliphatic heterocycles. The van der Waals surface area contributed by atoms with E-state index in [1.165, 1.54) is 17.3 Å². The van der Waals surface area contributed by atoms with Gasteiger partial charge < -0.3 is 10.0 Å². The summed E-state index contributed by atoms with van der Waals surface area (Å²) in [5.41, 5.74) is 0.814. The molecule has 0 atom stereocenters. The minimum atomic E-state index is -3.06. The van der Waals surface area contributed by atoms with Crippen LogP contribution in [-0.4, -0.2) is 60.5 Å². The van der Waals surface area contributed by atoms with Gasteiger partial charge in [-0.05, 0) is 12.5 Å². The molecule has 0 radical (unpaired) electrons. The molecule has 0 unspecified atom stereocenters. The van der Waals surface area contributed by atoms with Crippen molar-refractivity contribution in [2.45, 2.75) is 6.42 Å². The fraction of sp³-hybridized carbons (Fsp3) is 0.429. The first kappa shape index (κ1) is 15.5. The molecule has 1 fully saturated rings. The topological polar surface area (TPSA) is 87.6 Å². The van der Waals surface area contributed by atoms with Crippen molar-refractivity contribution < 1.29 is 18.3 Å². The summed E-state index contributed by atoms with van der Waals surface area (Å²) in [6.07, 6.45) is 3.40. The van der Waals surface area contributed by atoms with Crippen LogP contribution in [0.1, 0.15) is 22.3 Å². The number of amides is 1. The maximum absolute atomic E-state index is 12.5. The van der Waals surface area contributed by atoms with E-state index in [0.29, 0.717) is 24.1 Å². The zero-order chi connectivity index (χ0) is 15.3. The van der Waals surface area contributed by atoms with Gasteiger partial charge in [0.2, 0.25) is 0 Å². The maximum atomic E-state index is 12.5. The SMILES string of the molecule is O=C(c1ccncc1C#CCO)N1CCCS(=O)(=O)CC1. The van der Waals surface area contributed by atoms with Crippen LogP contribution in [0, 0.1) is 11.8 Å². The van der Waals surface area contributed by atoms with E-state index in [0.717, 1.165) is 0 Å². The number of sulfone groups is 1. The van der Waals surface area contributed by atoms with Gasteiger partial charge in [0.05, 0.1) is 22.6 Å². The molecule has 0 aliphatic carbocycles. The Morgan fingerprint density at radius 1 is 1.38 bits per heavy atom. The van der Waals surface area contributed by atoms with Gasteiger partial charge in [-0.2, -0.15) is 0 Å². The lowest BCUT2D eigenvalue weighted by atomic mass is 10.1. The van der Waals surface area contributed by atoms with Gasteiger partial charge in [0.1, 0.15) is 6.61 Å². The van der Waals surface area contributed by atoms with Crippen molar-refractivity contribution >= 4 is 15.7 Å². The first-order valence-electron chi connectivity index (χ1n) is 6.57. The van der Waals surface area contributed by atoms with Gasteiger partial charge in [-0.3, -0.25) is 9.78 Å². The van der Waals surface area contributed by atoms with Crippen molar-refractivity contribution in [3.05, 3.63) is 29.6 Å². The van der Waals surface area contributed by atoms with Gasteiger partial charge in [-0.25, -0.2) is 8.42 Å². The molecule has 1 amide bonds. The lowest BCUT2D eigenvalue weighted by Gasteiger charge is -2.20. The van der Waals surface area contributed by atoms with E-state index in [-0.39, 0.29) is 30.6 Å². The summed E-state index contributed by atoms with van der Waals surface area (Å²) in [7, 11) is -3.06. The first-order valence-corrected chi connectivity index (χ1v) is 8.39. The quantitative estimate of drug-likeness (QED) is 0.719. The average Bonchev–Trinajstić information content (AvgIpc) is 2.65. The van der Waals surface area contributed by atoms with Crippen LogP contribution < -0.4 is 0 Å². The molecule has 1 N–H and O–H groups in total. The molecule has 2 heterocycles. The van der Waals surface area contributed by atoms with Crippen LogP contribution >= 0.6 is 0 Å². The Kier molecular flexibility index (Phi) is 4.94. The van der Waals surface area contributed by atoms with E-state index in [1.54, 1.807) is 6.07 Å².